The zero-order valence-electron chi connectivity index (χ0n) is 9.97. The van der Waals surface area contributed by atoms with Crippen LogP contribution in [0.5, 0.6) is 0 Å². The smallest absolute Gasteiger partial charge is 0.105 e. The van der Waals surface area contributed by atoms with Gasteiger partial charge in [0.15, 0.2) is 0 Å². The molecule has 0 spiro atoms. The first-order valence-electron chi connectivity index (χ1n) is 5.81. The summed E-state index contributed by atoms with van der Waals surface area (Å²) >= 11 is 0. The first-order valence-corrected chi connectivity index (χ1v) is 5.81. The van der Waals surface area contributed by atoms with Crippen LogP contribution < -0.4 is 5.32 Å². The molecule has 2 heterocycles. The third-order valence-electron chi connectivity index (χ3n) is 3.74. The molecule has 0 bridgehead atoms. The largest absolute Gasteiger partial charge is 0.469 e. The van der Waals surface area contributed by atoms with Crippen molar-refractivity contribution in [3.63, 3.8) is 0 Å². The molecule has 2 nitrogen and oxygen atoms in total. The van der Waals surface area contributed by atoms with Crippen molar-refractivity contribution >= 4 is 0 Å². The number of rotatable bonds is 2. The zero-order valence-corrected chi connectivity index (χ0v) is 9.97. The highest BCUT2D eigenvalue weighted by Gasteiger charge is 2.44. The van der Waals surface area contributed by atoms with Gasteiger partial charge in [-0.1, -0.05) is 20.8 Å². The van der Waals surface area contributed by atoms with Gasteiger partial charge in [-0.25, -0.2) is 0 Å². The second kappa shape index (κ2) is 3.67. The summed E-state index contributed by atoms with van der Waals surface area (Å²) in [6.45, 7) is 8.08. The fourth-order valence-electron chi connectivity index (χ4n) is 2.57. The van der Waals surface area contributed by atoms with E-state index in [2.05, 4.69) is 32.2 Å². The summed E-state index contributed by atoms with van der Waals surface area (Å²) in [7, 11) is 0. The van der Waals surface area contributed by atoms with E-state index in [4.69, 9.17) is 4.42 Å². The third kappa shape index (κ3) is 1.96. The van der Waals surface area contributed by atoms with Crippen LogP contribution in [0.25, 0.3) is 0 Å². The topological polar surface area (TPSA) is 25.2 Å². The van der Waals surface area contributed by atoms with Crippen molar-refractivity contribution in [2.24, 2.45) is 5.41 Å². The van der Waals surface area contributed by atoms with Crippen LogP contribution in [0.4, 0.5) is 0 Å². The lowest BCUT2D eigenvalue weighted by molar-refractivity contribution is 0.151. The van der Waals surface area contributed by atoms with E-state index in [0.717, 1.165) is 18.7 Å². The van der Waals surface area contributed by atoms with Crippen molar-refractivity contribution in [3.8, 4) is 0 Å². The first kappa shape index (κ1) is 10.7. The molecule has 0 amide bonds. The van der Waals surface area contributed by atoms with Crippen molar-refractivity contribution in [1.82, 2.24) is 5.32 Å². The van der Waals surface area contributed by atoms with Gasteiger partial charge in [0.2, 0.25) is 0 Å². The van der Waals surface area contributed by atoms with Gasteiger partial charge in [-0.15, -0.1) is 0 Å². The minimum atomic E-state index is 0.213. The molecule has 84 valence electrons. The van der Waals surface area contributed by atoms with Crippen LogP contribution in [0.2, 0.25) is 0 Å². The molecule has 15 heavy (non-hydrogen) atoms. The summed E-state index contributed by atoms with van der Waals surface area (Å²) in [5, 5.41) is 3.69. The summed E-state index contributed by atoms with van der Waals surface area (Å²) in [5.41, 5.74) is 0.487. The molecule has 1 aliphatic heterocycles. The average molecular weight is 207 g/mol. The Balaban J connectivity index is 2.20. The molecule has 1 aliphatic rings. The summed E-state index contributed by atoms with van der Waals surface area (Å²) in [6.07, 6.45) is 5.29. The van der Waals surface area contributed by atoms with Crippen LogP contribution in [0.1, 0.15) is 39.4 Å². The van der Waals surface area contributed by atoms with Gasteiger partial charge in [-0.2, -0.15) is 0 Å². The summed E-state index contributed by atoms with van der Waals surface area (Å²) in [6, 6.07) is 4.05. The second-order valence-corrected chi connectivity index (χ2v) is 5.62. The summed E-state index contributed by atoms with van der Waals surface area (Å²) in [5.74, 6) is 1.10. The quantitative estimate of drug-likeness (QED) is 0.806. The molecule has 2 heteroatoms. The van der Waals surface area contributed by atoms with Gasteiger partial charge >= 0.3 is 0 Å². The standard InChI is InChI=1S/C13H21NO/c1-12(2,3)13(7-5-8-14-13)10-11-6-4-9-15-11/h4,6,9,14H,5,7-8,10H2,1-3H3. The van der Waals surface area contributed by atoms with Gasteiger partial charge in [0, 0.05) is 12.0 Å². The van der Waals surface area contributed by atoms with E-state index >= 15 is 0 Å². The maximum absolute atomic E-state index is 5.48. The lowest BCUT2D eigenvalue weighted by Crippen LogP contribution is -2.52. The highest BCUT2D eigenvalue weighted by Crippen LogP contribution is 2.39. The Kier molecular flexibility index (Phi) is 2.63. The molecule has 1 unspecified atom stereocenters. The maximum Gasteiger partial charge on any atom is 0.105 e. The minimum Gasteiger partial charge on any atom is -0.469 e. The molecule has 1 atom stereocenters. The molecule has 1 fully saturated rings. The Morgan fingerprint density at radius 3 is 2.73 bits per heavy atom. The Bertz CT molecular complexity index is 302. The van der Waals surface area contributed by atoms with Crippen LogP contribution in [-0.2, 0) is 6.42 Å². The number of furan rings is 1. The van der Waals surface area contributed by atoms with E-state index in [1.165, 1.54) is 12.8 Å². The van der Waals surface area contributed by atoms with Crippen LogP contribution in [0, 0.1) is 5.41 Å². The maximum atomic E-state index is 5.48. The summed E-state index contributed by atoms with van der Waals surface area (Å²) < 4.78 is 5.48. The van der Waals surface area contributed by atoms with Gasteiger partial charge in [0.1, 0.15) is 5.76 Å². The number of nitrogens with one attached hydrogen (secondary N) is 1. The molecule has 2 rings (SSSR count). The Labute approximate surface area is 92.1 Å². The van der Waals surface area contributed by atoms with Crippen LogP contribution >= 0.6 is 0 Å². The molecular weight excluding hydrogens is 186 g/mol. The van der Waals surface area contributed by atoms with E-state index in [1.54, 1.807) is 6.26 Å². The zero-order chi connectivity index (χ0) is 10.9. The predicted molar refractivity (Wildman–Crippen MR) is 61.8 cm³/mol. The average Bonchev–Trinajstić information content (AvgIpc) is 2.74. The van der Waals surface area contributed by atoms with Crippen molar-refractivity contribution < 1.29 is 4.42 Å². The highest BCUT2D eigenvalue weighted by atomic mass is 16.3. The van der Waals surface area contributed by atoms with Gasteiger partial charge in [-0.05, 0) is 36.9 Å². The van der Waals surface area contributed by atoms with Crippen LogP contribution in [0.15, 0.2) is 22.8 Å². The van der Waals surface area contributed by atoms with Crippen molar-refractivity contribution in [3.05, 3.63) is 24.2 Å². The normalized spacial score (nSPS) is 27.1. The minimum absolute atomic E-state index is 0.213. The van der Waals surface area contributed by atoms with Crippen molar-refractivity contribution in [2.45, 2.75) is 45.6 Å². The van der Waals surface area contributed by atoms with Crippen LogP contribution in [-0.4, -0.2) is 12.1 Å². The van der Waals surface area contributed by atoms with Gasteiger partial charge in [-0.3, -0.25) is 0 Å². The molecule has 0 aromatic carbocycles. The summed E-state index contributed by atoms with van der Waals surface area (Å²) in [4.78, 5) is 0. The Morgan fingerprint density at radius 1 is 1.47 bits per heavy atom. The molecule has 1 aromatic heterocycles. The van der Waals surface area contributed by atoms with E-state index in [9.17, 15) is 0 Å². The molecular formula is C13H21NO. The first-order chi connectivity index (χ1) is 7.04. The van der Waals surface area contributed by atoms with E-state index in [1.807, 2.05) is 6.07 Å². The SMILES string of the molecule is CC(C)(C)C1(Cc2ccco2)CCCN1. The fourth-order valence-corrected chi connectivity index (χ4v) is 2.57. The molecule has 0 saturated carbocycles. The predicted octanol–water partition coefficient (Wildman–Crippen LogP) is 2.99. The van der Waals surface area contributed by atoms with E-state index in [0.29, 0.717) is 0 Å². The van der Waals surface area contributed by atoms with E-state index < -0.39 is 0 Å². The van der Waals surface area contributed by atoms with Gasteiger partial charge in [0.25, 0.3) is 0 Å². The highest BCUT2D eigenvalue weighted by molar-refractivity contribution is 5.11. The lowest BCUT2D eigenvalue weighted by Gasteiger charge is -2.42. The van der Waals surface area contributed by atoms with Crippen LogP contribution in [0.3, 0.4) is 0 Å². The van der Waals surface area contributed by atoms with Crippen molar-refractivity contribution in [1.29, 1.82) is 0 Å². The fraction of sp³-hybridized carbons (Fsp3) is 0.692. The Hall–Kier alpha value is -0.760. The molecule has 1 N–H and O–H groups in total. The molecule has 0 aliphatic carbocycles. The number of hydrogen-bond acceptors (Lipinski definition) is 2. The van der Waals surface area contributed by atoms with Gasteiger partial charge < -0.3 is 9.73 Å². The Morgan fingerprint density at radius 2 is 2.27 bits per heavy atom. The number of hydrogen-bond donors (Lipinski definition) is 1. The monoisotopic (exact) mass is 207 g/mol. The lowest BCUT2D eigenvalue weighted by atomic mass is 9.70. The van der Waals surface area contributed by atoms with Crippen molar-refractivity contribution in [2.75, 3.05) is 6.54 Å². The third-order valence-corrected chi connectivity index (χ3v) is 3.74. The molecule has 1 saturated heterocycles. The molecule has 1 aromatic rings. The van der Waals surface area contributed by atoms with E-state index in [-0.39, 0.29) is 11.0 Å². The molecule has 0 radical (unpaired) electrons. The van der Waals surface area contributed by atoms with Gasteiger partial charge in [0.05, 0.1) is 6.26 Å². The second-order valence-electron chi connectivity index (χ2n) is 5.62.